The van der Waals surface area contributed by atoms with Gasteiger partial charge >= 0.3 is 0 Å². The van der Waals surface area contributed by atoms with Crippen LogP contribution in [0.1, 0.15) is 54.4 Å². The lowest BCUT2D eigenvalue weighted by Crippen LogP contribution is -2.36. The molecule has 2 amide bonds. The topological polar surface area (TPSA) is 61.4 Å². The van der Waals surface area contributed by atoms with Crippen molar-refractivity contribution in [2.45, 2.75) is 57.2 Å². The molecule has 0 aliphatic heterocycles. The van der Waals surface area contributed by atoms with E-state index in [0.717, 1.165) is 38.5 Å². The third-order valence-corrected chi connectivity index (χ3v) is 5.88. The largest absolute Gasteiger partial charge is 0.349 e. The van der Waals surface area contributed by atoms with E-state index in [2.05, 4.69) is 10.6 Å². The highest BCUT2D eigenvalue weighted by molar-refractivity contribution is 6.04. The maximum absolute atomic E-state index is 14.1. The Morgan fingerprint density at radius 2 is 1.67 bits per heavy atom. The van der Waals surface area contributed by atoms with Crippen LogP contribution < -0.4 is 10.6 Å². The van der Waals surface area contributed by atoms with Gasteiger partial charge in [-0.05, 0) is 43.9 Å². The number of halogens is 1. The first kappa shape index (κ1) is 20.5. The van der Waals surface area contributed by atoms with Gasteiger partial charge in [-0.3, -0.25) is 14.5 Å². The zero-order valence-electron chi connectivity index (χ0n) is 17.1. The Labute approximate surface area is 176 Å². The Hall–Kier alpha value is -2.73. The molecular weight excluding hydrogens is 381 g/mol. The van der Waals surface area contributed by atoms with Crippen LogP contribution in [-0.4, -0.2) is 35.3 Å². The summed E-state index contributed by atoms with van der Waals surface area (Å²) >= 11 is 0. The van der Waals surface area contributed by atoms with Gasteiger partial charge in [-0.25, -0.2) is 4.39 Å². The number of hydrogen-bond acceptors (Lipinski definition) is 3. The number of para-hydroxylation sites is 1. The Morgan fingerprint density at radius 3 is 2.40 bits per heavy atom. The van der Waals surface area contributed by atoms with E-state index in [1.54, 1.807) is 36.4 Å². The number of anilines is 1. The van der Waals surface area contributed by atoms with Crippen molar-refractivity contribution < 1.29 is 14.0 Å². The number of nitrogens with one attached hydrogen (secondary N) is 2. The van der Waals surface area contributed by atoms with E-state index in [0.29, 0.717) is 29.4 Å². The van der Waals surface area contributed by atoms with E-state index in [4.69, 9.17) is 0 Å². The summed E-state index contributed by atoms with van der Waals surface area (Å²) in [6.07, 6.45) is 6.33. The van der Waals surface area contributed by atoms with Crippen LogP contribution >= 0.6 is 0 Å². The van der Waals surface area contributed by atoms with Crippen LogP contribution in [0, 0.1) is 5.82 Å². The second-order valence-electron chi connectivity index (χ2n) is 8.28. The average molecular weight is 410 g/mol. The number of carbonyl (C=O) groups excluding carboxylic acids is 2. The first-order valence-electron chi connectivity index (χ1n) is 10.8. The highest BCUT2D eigenvalue weighted by Crippen LogP contribution is 2.29. The SMILES string of the molecule is O=C(CN(Cc1ccccc1F)C1CC1)Nc1ccccc1C(=O)NC1CCCC1. The quantitative estimate of drug-likeness (QED) is 0.690. The molecule has 0 atom stereocenters. The maximum atomic E-state index is 14.1. The fourth-order valence-electron chi connectivity index (χ4n) is 4.10. The average Bonchev–Trinajstić information content (AvgIpc) is 3.46. The van der Waals surface area contributed by atoms with Crippen molar-refractivity contribution in [3.05, 3.63) is 65.5 Å². The highest BCUT2D eigenvalue weighted by Gasteiger charge is 2.31. The van der Waals surface area contributed by atoms with Crippen molar-refractivity contribution >= 4 is 17.5 Å². The van der Waals surface area contributed by atoms with Crippen LogP contribution in [0.2, 0.25) is 0 Å². The molecule has 0 spiro atoms. The lowest BCUT2D eigenvalue weighted by molar-refractivity contribution is -0.117. The summed E-state index contributed by atoms with van der Waals surface area (Å²) in [6.45, 7) is 0.562. The monoisotopic (exact) mass is 409 g/mol. The molecule has 0 saturated heterocycles. The summed E-state index contributed by atoms with van der Waals surface area (Å²) in [5.41, 5.74) is 1.58. The van der Waals surface area contributed by atoms with Crippen molar-refractivity contribution in [1.82, 2.24) is 10.2 Å². The Balaban J connectivity index is 1.40. The molecule has 2 aliphatic rings. The smallest absolute Gasteiger partial charge is 0.253 e. The van der Waals surface area contributed by atoms with Gasteiger partial charge in [0, 0.05) is 24.2 Å². The van der Waals surface area contributed by atoms with Crippen molar-refractivity contribution in [3.8, 4) is 0 Å². The van der Waals surface area contributed by atoms with Gasteiger partial charge in [-0.15, -0.1) is 0 Å². The molecule has 30 heavy (non-hydrogen) atoms. The standard InChI is InChI=1S/C24H28FN3O2/c25-21-11-5-1-7-17(21)15-28(19-13-14-19)16-23(29)27-22-12-6-4-10-20(22)24(30)26-18-8-2-3-9-18/h1,4-7,10-12,18-19H,2-3,8-9,13-16H2,(H,26,30)(H,27,29). The number of benzene rings is 2. The van der Waals surface area contributed by atoms with Gasteiger partial charge < -0.3 is 10.6 Å². The maximum Gasteiger partial charge on any atom is 0.253 e. The minimum Gasteiger partial charge on any atom is -0.349 e. The third-order valence-electron chi connectivity index (χ3n) is 5.88. The molecule has 2 aliphatic carbocycles. The summed E-state index contributed by atoms with van der Waals surface area (Å²) in [5, 5.41) is 5.97. The predicted octanol–water partition coefficient (Wildman–Crippen LogP) is 4.10. The lowest BCUT2D eigenvalue weighted by atomic mass is 10.1. The van der Waals surface area contributed by atoms with Crippen LogP contribution in [0.5, 0.6) is 0 Å². The highest BCUT2D eigenvalue weighted by atomic mass is 19.1. The Kier molecular flexibility index (Phi) is 6.43. The van der Waals surface area contributed by atoms with Gasteiger partial charge in [0.25, 0.3) is 5.91 Å². The molecule has 2 saturated carbocycles. The first-order chi connectivity index (χ1) is 14.6. The van der Waals surface area contributed by atoms with Crippen LogP contribution in [0.25, 0.3) is 0 Å². The van der Waals surface area contributed by atoms with Gasteiger partial charge in [0.2, 0.25) is 5.91 Å². The molecule has 0 unspecified atom stereocenters. The lowest BCUT2D eigenvalue weighted by Gasteiger charge is -2.22. The molecular formula is C24H28FN3O2. The third kappa shape index (κ3) is 5.25. The van der Waals surface area contributed by atoms with Gasteiger partial charge in [-0.2, -0.15) is 0 Å². The minimum atomic E-state index is -0.252. The van der Waals surface area contributed by atoms with Crippen molar-refractivity contribution in [2.24, 2.45) is 0 Å². The van der Waals surface area contributed by atoms with Gasteiger partial charge in [0.05, 0.1) is 17.8 Å². The molecule has 4 rings (SSSR count). The summed E-state index contributed by atoms with van der Waals surface area (Å²) in [7, 11) is 0. The molecule has 0 radical (unpaired) electrons. The molecule has 2 fully saturated rings. The Morgan fingerprint density at radius 1 is 0.967 bits per heavy atom. The molecule has 2 aromatic carbocycles. The van der Waals surface area contributed by atoms with Crippen molar-refractivity contribution in [2.75, 3.05) is 11.9 Å². The molecule has 158 valence electrons. The zero-order valence-corrected chi connectivity index (χ0v) is 17.1. The summed E-state index contributed by atoms with van der Waals surface area (Å²) in [6, 6.07) is 14.3. The predicted molar refractivity (Wildman–Crippen MR) is 115 cm³/mol. The van der Waals surface area contributed by atoms with Crippen LogP contribution in [-0.2, 0) is 11.3 Å². The van der Waals surface area contributed by atoms with E-state index < -0.39 is 0 Å². The van der Waals surface area contributed by atoms with E-state index in [-0.39, 0.29) is 30.2 Å². The second-order valence-corrected chi connectivity index (χ2v) is 8.28. The number of nitrogens with zero attached hydrogens (tertiary/aromatic N) is 1. The molecule has 0 bridgehead atoms. The van der Waals surface area contributed by atoms with Gasteiger partial charge in [0.15, 0.2) is 0 Å². The van der Waals surface area contributed by atoms with Gasteiger partial charge in [-0.1, -0.05) is 43.2 Å². The molecule has 5 nitrogen and oxygen atoms in total. The van der Waals surface area contributed by atoms with E-state index in [1.165, 1.54) is 6.07 Å². The molecule has 0 heterocycles. The number of amides is 2. The number of hydrogen-bond donors (Lipinski definition) is 2. The van der Waals surface area contributed by atoms with E-state index in [9.17, 15) is 14.0 Å². The first-order valence-corrected chi connectivity index (χ1v) is 10.8. The zero-order chi connectivity index (χ0) is 20.9. The van der Waals surface area contributed by atoms with E-state index >= 15 is 0 Å². The number of rotatable bonds is 8. The van der Waals surface area contributed by atoms with Gasteiger partial charge in [0.1, 0.15) is 5.82 Å². The fourth-order valence-corrected chi connectivity index (χ4v) is 4.10. The summed E-state index contributed by atoms with van der Waals surface area (Å²) in [5.74, 6) is -0.597. The fraction of sp³-hybridized carbons (Fsp3) is 0.417. The second kappa shape index (κ2) is 9.39. The molecule has 0 aromatic heterocycles. The summed E-state index contributed by atoms with van der Waals surface area (Å²) < 4.78 is 14.1. The molecule has 2 aromatic rings. The van der Waals surface area contributed by atoms with E-state index in [1.807, 2.05) is 11.0 Å². The summed E-state index contributed by atoms with van der Waals surface area (Å²) in [4.78, 5) is 27.5. The van der Waals surface area contributed by atoms with Crippen molar-refractivity contribution in [3.63, 3.8) is 0 Å². The number of carbonyl (C=O) groups is 2. The normalized spacial score (nSPS) is 16.6. The minimum absolute atomic E-state index is 0.150. The van der Waals surface area contributed by atoms with Crippen LogP contribution in [0.15, 0.2) is 48.5 Å². The van der Waals surface area contributed by atoms with Crippen molar-refractivity contribution in [1.29, 1.82) is 0 Å². The van der Waals surface area contributed by atoms with Crippen LogP contribution in [0.3, 0.4) is 0 Å². The molecule has 6 heteroatoms. The Bertz CT molecular complexity index is 907. The van der Waals surface area contributed by atoms with Crippen LogP contribution in [0.4, 0.5) is 10.1 Å². The molecule has 2 N–H and O–H groups in total.